The molecule has 5 heteroatoms. The molecule has 0 spiro atoms. The molecule has 2 aromatic heterocycles. The normalized spacial score (nSPS) is 12.1. The van der Waals surface area contributed by atoms with Crippen molar-refractivity contribution in [2.75, 3.05) is 7.11 Å². The zero-order valence-corrected chi connectivity index (χ0v) is 13.6. The van der Waals surface area contributed by atoms with Crippen molar-refractivity contribution in [3.63, 3.8) is 0 Å². The first kappa shape index (κ1) is 15.5. The molecular formula is C16H22N4O. The highest BCUT2D eigenvalue weighted by Gasteiger charge is 2.24. The first-order chi connectivity index (χ1) is 9.80. The Morgan fingerprint density at radius 3 is 2.62 bits per heavy atom. The number of nitrogens with zero attached hydrogens (tertiary/aromatic N) is 4. The van der Waals surface area contributed by atoms with Crippen LogP contribution in [0.2, 0.25) is 0 Å². The van der Waals surface area contributed by atoms with Crippen molar-refractivity contribution in [1.82, 2.24) is 14.5 Å². The van der Waals surface area contributed by atoms with Crippen molar-refractivity contribution in [3.05, 3.63) is 23.1 Å². The molecule has 112 valence electrons. The maximum atomic E-state index is 9.14. The standard InChI is InChI=1S/C16H22N4O/c1-10(2)20-13(7-16(4,5)21-6)19-14-11(3)12(8-17)9-18-15(14)20/h9-10H,7H2,1-6H3. The molecule has 0 amide bonds. The molecule has 0 N–H and O–H groups in total. The van der Waals surface area contributed by atoms with Crippen molar-refractivity contribution >= 4 is 11.2 Å². The number of aromatic nitrogens is 3. The second-order valence-corrected chi connectivity index (χ2v) is 6.21. The molecule has 0 aliphatic rings. The number of imidazole rings is 1. The smallest absolute Gasteiger partial charge is 0.160 e. The highest BCUT2D eigenvalue weighted by atomic mass is 16.5. The summed E-state index contributed by atoms with van der Waals surface area (Å²) in [6.07, 6.45) is 2.32. The van der Waals surface area contributed by atoms with Gasteiger partial charge in [-0.1, -0.05) is 0 Å². The Hall–Kier alpha value is -1.93. The van der Waals surface area contributed by atoms with Gasteiger partial charge in [0.1, 0.15) is 17.4 Å². The third-order valence-electron chi connectivity index (χ3n) is 3.81. The molecule has 0 saturated heterocycles. The van der Waals surface area contributed by atoms with Crippen molar-refractivity contribution in [3.8, 4) is 6.07 Å². The largest absolute Gasteiger partial charge is 0.378 e. The average molecular weight is 286 g/mol. The molecule has 0 unspecified atom stereocenters. The van der Waals surface area contributed by atoms with Crippen LogP contribution in [0.15, 0.2) is 6.20 Å². The lowest BCUT2D eigenvalue weighted by molar-refractivity contribution is 0.0208. The summed E-state index contributed by atoms with van der Waals surface area (Å²) in [6.45, 7) is 10.2. The number of ether oxygens (including phenoxy) is 1. The van der Waals surface area contributed by atoms with Gasteiger partial charge in [-0.15, -0.1) is 0 Å². The van der Waals surface area contributed by atoms with E-state index in [1.165, 1.54) is 0 Å². The molecule has 21 heavy (non-hydrogen) atoms. The fourth-order valence-electron chi connectivity index (χ4n) is 2.43. The van der Waals surface area contributed by atoms with E-state index in [1.807, 2.05) is 20.8 Å². The quantitative estimate of drug-likeness (QED) is 0.866. The summed E-state index contributed by atoms with van der Waals surface area (Å²) in [7, 11) is 1.71. The number of methoxy groups -OCH3 is 1. The van der Waals surface area contributed by atoms with Crippen LogP contribution in [0.3, 0.4) is 0 Å². The summed E-state index contributed by atoms with van der Waals surface area (Å²) in [6, 6.07) is 2.42. The van der Waals surface area contributed by atoms with Crippen LogP contribution in [0.5, 0.6) is 0 Å². The summed E-state index contributed by atoms with van der Waals surface area (Å²) in [5.74, 6) is 0.942. The number of aryl methyl sites for hydroxylation is 1. The van der Waals surface area contributed by atoms with E-state index in [0.717, 1.165) is 22.6 Å². The van der Waals surface area contributed by atoms with Gasteiger partial charge < -0.3 is 9.30 Å². The van der Waals surface area contributed by atoms with E-state index in [4.69, 9.17) is 15.0 Å². The predicted octanol–water partition coefficient (Wildman–Crippen LogP) is 3.16. The van der Waals surface area contributed by atoms with Crippen molar-refractivity contribution in [1.29, 1.82) is 5.26 Å². The first-order valence-electron chi connectivity index (χ1n) is 7.12. The van der Waals surface area contributed by atoms with Gasteiger partial charge in [0.15, 0.2) is 5.65 Å². The minimum absolute atomic E-state index is 0.248. The summed E-state index contributed by atoms with van der Waals surface area (Å²) >= 11 is 0. The molecular weight excluding hydrogens is 264 g/mol. The fourth-order valence-corrected chi connectivity index (χ4v) is 2.43. The Morgan fingerprint density at radius 2 is 2.10 bits per heavy atom. The van der Waals surface area contributed by atoms with Crippen molar-refractivity contribution in [2.24, 2.45) is 0 Å². The molecule has 0 atom stereocenters. The topological polar surface area (TPSA) is 63.7 Å². The van der Waals surface area contributed by atoms with E-state index in [2.05, 4.69) is 29.5 Å². The zero-order valence-electron chi connectivity index (χ0n) is 13.6. The third-order valence-corrected chi connectivity index (χ3v) is 3.81. The van der Waals surface area contributed by atoms with E-state index in [9.17, 15) is 0 Å². The Kier molecular flexibility index (Phi) is 4.02. The lowest BCUT2D eigenvalue weighted by atomic mass is 10.0. The van der Waals surface area contributed by atoms with Gasteiger partial charge in [-0.3, -0.25) is 0 Å². The second kappa shape index (κ2) is 5.45. The van der Waals surface area contributed by atoms with Gasteiger partial charge in [-0.05, 0) is 40.2 Å². The van der Waals surface area contributed by atoms with Crippen molar-refractivity contribution < 1.29 is 4.74 Å². The van der Waals surface area contributed by atoms with Crippen LogP contribution in [0, 0.1) is 18.3 Å². The zero-order chi connectivity index (χ0) is 15.8. The summed E-state index contributed by atoms with van der Waals surface area (Å²) in [5.41, 5.74) is 2.82. The monoisotopic (exact) mass is 286 g/mol. The number of hydrogen-bond donors (Lipinski definition) is 0. The molecule has 2 heterocycles. The predicted molar refractivity (Wildman–Crippen MR) is 82.2 cm³/mol. The van der Waals surface area contributed by atoms with Gasteiger partial charge in [0.2, 0.25) is 0 Å². The van der Waals surface area contributed by atoms with Crippen LogP contribution in [0.1, 0.15) is 50.7 Å². The fraction of sp³-hybridized carbons (Fsp3) is 0.562. The van der Waals surface area contributed by atoms with Crippen LogP contribution < -0.4 is 0 Å². The van der Waals surface area contributed by atoms with Crippen LogP contribution in [-0.4, -0.2) is 27.2 Å². The SMILES string of the molecule is COC(C)(C)Cc1nc2c(C)c(C#N)cnc2n1C(C)C. The Bertz CT molecular complexity index is 707. The van der Waals surface area contributed by atoms with E-state index in [1.54, 1.807) is 13.3 Å². The number of fused-ring (bicyclic) bond motifs is 1. The lowest BCUT2D eigenvalue weighted by Gasteiger charge is -2.23. The lowest BCUT2D eigenvalue weighted by Crippen LogP contribution is -2.27. The second-order valence-electron chi connectivity index (χ2n) is 6.21. The molecule has 0 aliphatic heterocycles. The van der Waals surface area contributed by atoms with Gasteiger partial charge >= 0.3 is 0 Å². The van der Waals surface area contributed by atoms with Crippen LogP contribution in [0.25, 0.3) is 11.2 Å². The Balaban J connectivity index is 2.68. The summed E-state index contributed by atoms with van der Waals surface area (Å²) in [5, 5.41) is 9.14. The van der Waals surface area contributed by atoms with E-state index in [-0.39, 0.29) is 11.6 Å². The van der Waals surface area contributed by atoms with E-state index >= 15 is 0 Å². The summed E-state index contributed by atoms with van der Waals surface area (Å²) in [4.78, 5) is 9.19. The van der Waals surface area contributed by atoms with Crippen LogP contribution in [-0.2, 0) is 11.2 Å². The maximum absolute atomic E-state index is 9.14. The molecule has 0 fully saturated rings. The molecule has 0 saturated carbocycles. The van der Waals surface area contributed by atoms with E-state index in [0.29, 0.717) is 12.0 Å². The number of pyridine rings is 1. The molecule has 2 rings (SSSR count). The van der Waals surface area contributed by atoms with Gasteiger partial charge in [-0.25, -0.2) is 9.97 Å². The third kappa shape index (κ3) is 2.77. The number of nitriles is 1. The van der Waals surface area contributed by atoms with Gasteiger partial charge in [0, 0.05) is 25.8 Å². The average Bonchev–Trinajstić information content (AvgIpc) is 2.77. The van der Waals surface area contributed by atoms with Crippen LogP contribution in [0.4, 0.5) is 0 Å². The molecule has 0 aliphatic carbocycles. The summed E-state index contributed by atoms with van der Waals surface area (Å²) < 4.78 is 7.65. The minimum atomic E-state index is -0.292. The molecule has 0 radical (unpaired) electrons. The molecule has 0 aromatic carbocycles. The minimum Gasteiger partial charge on any atom is -0.378 e. The van der Waals surface area contributed by atoms with Crippen molar-refractivity contribution in [2.45, 2.75) is 52.7 Å². The van der Waals surface area contributed by atoms with Crippen LogP contribution >= 0.6 is 0 Å². The highest BCUT2D eigenvalue weighted by Crippen LogP contribution is 2.26. The Morgan fingerprint density at radius 1 is 1.43 bits per heavy atom. The van der Waals surface area contributed by atoms with E-state index < -0.39 is 0 Å². The first-order valence-corrected chi connectivity index (χ1v) is 7.12. The maximum Gasteiger partial charge on any atom is 0.160 e. The van der Waals surface area contributed by atoms with Gasteiger partial charge in [0.25, 0.3) is 0 Å². The van der Waals surface area contributed by atoms with Gasteiger partial charge in [-0.2, -0.15) is 5.26 Å². The number of rotatable bonds is 4. The number of hydrogen-bond acceptors (Lipinski definition) is 4. The Labute approximate surface area is 125 Å². The highest BCUT2D eigenvalue weighted by molar-refractivity contribution is 5.78. The molecule has 5 nitrogen and oxygen atoms in total. The molecule has 2 aromatic rings. The van der Waals surface area contributed by atoms with Gasteiger partial charge in [0.05, 0.1) is 11.2 Å². The molecule has 0 bridgehead atoms.